The molecule has 0 saturated heterocycles. The van der Waals surface area contributed by atoms with Gasteiger partial charge in [0.25, 0.3) is 5.89 Å². The number of carbonyl (C=O) groups is 1. The number of fused-ring (bicyclic) bond motifs is 1. The number of pyridine rings is 1. The fraction of sp³-hybridized carbons (Fsp3) is 0.0870. The largest absolute Gasteiger partial charge is 0.350 e. The molecule has 0 aliphatic carbocycles. The van der Waals surface area contributed by atoms with Crippen molar-refractivity contribution in [1.82, 2.24) is 24.3 Å². The topological polar surface area (TPSA) is 107 Å². The van der Waals surface area contributed by atoms with Crippen LogP contribution in [0.25, 0.3) is 28.5 Å². The van der Waals surface area contributed by atoms with Gasteiger partial charge in [-0.3, -0.25) is 4.79 Å². The number of benzene rings is 2. The number of nitrogens with one attached hydrogen (secondary N) is 1. The van der Waals surface area contributed by atoms with Crippen LogP contribution in [-0.2, 0) is 11.3 Å². The molecule has 5 rings (SSSR count). The van der Waals surface area contributed by atoms with Gasteiger partial charge in [0, 0.05) is 22.5 Å². The van der Waals surface area contributed by atoms with Crippen molar-refractivity contribution in [3.8, 4) is 22.8 Å². The fourth-order valence-corrected chi connectivity index (χ4v) is 3.67. The molecule has 1 amide bonds. The van der Waals surface area contributed by atoms with E-state index in [1.165, 1.54) is 28.8 Å². The predicted octanol–water partition coefficient (Wildman–Crippen LogP) is 3.95. The molecule has 34 heavy (non-hydrogen) atoms. The highest BCUT2D eigenvalue weighted by atomic mass is 35.5. The zero-order valence-corrected chi connectivity index (χ0v) is 18.5. The Morgan fingerprint density at radius 3 is 2.82 bits per heavy atom. The van der Waals surface area contributed by atoms with E-state index in [0.29, 0.717) is 33.2 Å². The molecule has 2 aromatic carbocycles. The number of carbonyl (C=O) groups excluding carboxylic acids is 1. The Bertz CT molecular complexity index is 1610. The average molecular weight is 479 g/mol. The van der Waals surface area contributed by atoms with E-state index in [2.05, 4.69) is 20.6 Å². The number of rotatable bonds is 5. The third-order valence-electron chi connectivity index (χ3n) is 5.10. The molecule has 11 heteroatoms. The summed E-state index contributed by atoms with van der Waals surface area (Å²) < 4.78 is 21.0. The Labute approximate surface area is 196 Å². The number of hydrogen-bond acceptors (Lipinski definition) is 6. The highest BCUT2D eigenvalue weighted by Gasteiger charge is 2.19. The van der Waals surface area contributed by atoms with Gasteiger partial charge in [0.2, 0.25) is 11.7 Å². The summed E-state index contributed by atoms with van der Waals surface area (Å²) >= 11 is 6.04. The zero-order valence-electron chi connectivity index (χ0n) is 17.7. The van der Waals surface area contributed by atoms with Crippen LogP contribution in [0, 0.1) is 12.7 Å². The number of amides is 1. The van der Waals surface area contributed by atoms with Crippen molar-refractivity contribution in [2.45, 2.75) is 13.5 Å². The predicted molar refractivity (Wildman–Crippen MR) is 123 cm³/mol. The molecule has 0 bridgehead atoms. The van der Waals surface area contributed by atoms with E-state index in [9.17, 15) is 14.0 Å². The summed E-state index contributed by atoms with van der Waals surface area (Å²) in [6.45, 7) is 1.33. The third kappa shape index (κ3) is 4.06. The third-order valence-corrected chi connectivity index (χ3v) is 5.34. The number of nitrogens with zero attached hydrogens (tertiary/aromatic N) is 5. The molecule has 3 heterocycles. The fourth-order valence-electron chi connectivity index (χ4n) is 3.48. The van der Waals surface area contributed by atoms with E-state index in [-0.39, 0.29) is 18.1 Å². The maximum absolute atomic E-state index is 13.3. The lowest BCUT2D eigenvalue weighted by Crippen LogP contribution is -2.28. The molecule has 1 N–H and O–H groups in total. The van der Waals surface area contributed by atoms with Gasteiger partial charge in [0.05, 0.1) is 5.56 Å². The van der Waals surface area contributed by atoms with Gasteiger partial charge in [-0.2, -0.15) is 4.98 Å². The molecule has 0 aliphatic heterocycles. The average Bonchev–Trinajstić information content (AvgIpc) is 3.41. The first-order chi connectivity index (χ1) is 16.4. The lowest BCUT2D eigenvalue weighted by atomic mass is 10.2. The van der Waals surface area contributed by atoms with Gasteiger partial charge in [0.15, 0.2) is 5.65 Å². The van der Waals surface area contributed by atoms with Crippen LogP contribution in [0.2, 0.25) is 5.02 Å². The van der Waals surface area contributed by atoms with Crippen LogP contribution in [0.5, 0.6) is 0 Å². The number of halogens is 2. The van der Waals surface area contributed by atoms with Gasteiger partial charge in [-0.25, -0.2) is 18.3 Å². The van der Waals surface area contributed by atoms with Crippen LogP contribution < -0.4 is 11.0 Å². The second kappa shape index (κ2) is 8.56. The lowest BCUT2D eigenvalue weighted by molar-refractivity contribution is -0.117. The summed E-state index contributed by atoms with van der Waals surface area (Å²) in [5, 5.41) is 11.5. The smallest absolute Gasteiger partial charge is 0.333 e. The molecule has 0 radical (unpaired) electrons. The lowest BCUT2D eigenvalue weighted by Gasteiger charge is -2.07. The standard InChI is InChI=1S/C23H16ClFN6O3/c1-13-10-16(25)7-8-18(13)26-19(32)12-31-23(33)30-9-3-6-17(21(30)28-31)22-27-20(29-34-22)14-4-2-5-15(24)11-14/h2-11H,12H2,1H3,(H,26,32). The van der Waals surface area contributed by atoms with E-state index in [1.54, 1.807) is 43.3 Å². The van der Waals surface area contributed by atoms with Crippen molar-refractivity contribution in [3.05, 3.63) is 87.7 Å². The van der Waals surface area contributed by atoms with Crippen molar-refractivity contribution in [1.29, 1.82) is 0 Å². The van der Waals surface area contributed by atoms with Crippen LogP contribution in [0.15, 0.2) is 70.1 Å². The maximum atomic E-state index is 13.3. The monoisotopic (exact) mass is 478 g/mol. The quantitative estimate of drug-likeness (QED) is 0.410. The Kier molecular flexibility index (Phi) is 5.42. The van der Waals surface area contributed by atoms with Crippen LogP contribution in [0.4, 0.5) is 10.1 Å². The van der Waals surface area contributed by atoms with Crippen molar-refractivity contribution in [2.24, 2.45) is 0 Å². The summed E-state index contributed by atoms with van der Waals surface area (Å²) in [5.74, 6) is -0.401. The Morgan fingerprint density at radius 2 is 2.03 bits per heavy atom. The molecule has 0 spiro atoms. The Balaban J connectivity index is 1.45. The van der Waals surface area contributed by atoms with Crippen LogP contribution in [-0.4, -0.2) is 30.2 Å². The molecule has 3 aromatic heterocycles. The van der Waals surface area contributed by atoms with E-state index in [1.807, 2.05) is 0 Å². The number of aryl methyl sites for hydroxylation is 1. The van der Waals surface area contributed by atoms with Crippen LogP contribution in [0.1, 0.15) is 5.56 Å². The van der Waals surface area contributed by atoms with Gasteiger partial charge < -0.3 is 9.84 Å². The minimum Gasteiger partial charge on any atom is -0.333 e. The summed E-state index contributed by atoms with van der Waals surface area (Å²) in [7, 11) is 0. The van der Waals surface area contributed by atoms with E-state index in [0.717, 1.165) is 4.68 Å². The first-order valence-corrected chi connectivity index (χ1v) is 10.5. The molecule has 0 aliphatic rings. The highest BCUT2D eigenvalue weighted by Crippen LogP contribution is 2.26. The molecule has 0 atom stereocenters. The van der Waals surface area contributed by atoms with Crippen molar-refractivity contribution >= 4 is 28.8 Å². The Hall–Kier alpha value is -4.31. The minimum atomic E-state index is -0.516. The Morgan fingerprint density at radius 1 is 1.18 bits per heavy atom. The van der Waals surface area contributed by atoms with Crippen LogP contribution >= 0.6 is 11.6 Å². The summed E-state index contributed by atoms with van der Waals surface area (Å²) in [6.07, 6.45) is 1.53. The maximum Gasteiger partial charge on any atom is 0.350 e. The van der Waals surface area contributed by atoms with Crippen LogP contribution in [0.3, 0.4) is 0 Å². The number of anilines is 1. The summed E-state index contributed by atoms with van der Waals surface area (Å²) in [4.78, 5) is 29.8. The van der Waals surface area contributed by atoms with Gasteiger partial charge in [-0.1, -0.05) is 28.9 Å². The molecule has 0 fully saturated rings. The summed E-state index contributed by atoms with van der Waals surface area (Å²) in [6, 6.07) is 14.3. The molecular weight excluding hydrogens is 463 g/mol. The summed E-state index contributed by atoms with van der Waals surface area (Å²) in [5.41, 5.74) is 1.84. The van der Waals surface area contributed by atoms with Gasteiger partial charge in [0.1, 0.15) is 12.4 Å². The molecule has 0 unspecified atom stereocenters. The van der Waals surface area contributed by atoms with E-state index >= 15 is 0 Å². The molecule has 170 valence electrons. The molecular formula is C23H16ClFN6O3. The first kappa shape index (κ1) is 21.5. The number of hydrogen-bond donors (Lipinski definition) is 1. The van der Waals surface area contributed by atoms with E-state index < -0.39 is 17.4 Å². The molecule has 0 saturated carbocycles. The van der Waals surface area contributed by atoms with Gasteiger partial charge in [-0.15, -0.1) is 5.10 Å². The highest BCUT2D eigenvalue weighted by molar-refractivity contribution is 6.30. The van der Waals surface area contributed by atoms with Gasteiger partial charge >= 0.3 is 5.69 Å². The normalized spacial score (nSPS) is 11.1. The minimum absolute atomic E-state index is 0.157. The molecule has 5 aromatic rings. The second-order valence-electron chi connectivity index (χ2n) is 7.50. The van der Waals surface area contributed by atoms with Crippen molar-refractivity contribution in [3.63, 3.8) is 0 Å². The first-order valence-electron chi connectivity index (χ1n) is 10.1. The van der Waals surface area contributed by atoms with Crippen molar-refractivity contribution < 1.29 is 13.7 Å². The van der Waals surface area contributed by atoms with Crippen molar-refractivity contribution in [2.75, 3.05) is 5.32 Å². The SMILES string of the molecule is Cc1cc(F)ccc1NC(=O)Cn1nc2c(-c3nc(-c4cccc(Cl)c4)no3)cccn2c1=O. The van der Waals surface area contributed by atoms with Gasteiger partial charge in [-0.05, 0) is 55.0 Å². The number of aromatic nitrogens is 5. The van der Waals surface area contributed by atoms with E-state index in [4.69, 9.17) is 16.1 Å². The zero-order chi connectivity index (χ0) is 23.8. The second-order valence-corrected chi connectivity index (χ2v) is 7.93. The molecule has 9 nitrogen and oxygen atoms in total.